The van der Waals surface area contributed by atoms with Gasteiger partial charge in [0.2, 0.25) is 11.9 Å². The van der Waals surface area contributed by atoms with Gasteiger partial charge in [-0.2, -0.15) is 18.4 Å². The molecule has 1 aliphatic rings. The number of nitrogens with two attached hydrogens (primary N) is 1. The van der Waals surface area contributed by atoms with Crippen molar-refractivity contribution in [1.29, 1.82) is 0 Å². The van der Waals surface area contributed by atoms with Crippen molar-refractivity contribution in [3.63, 3.8) is 0 Å². The van der Waals surface area contributed by atoms with Gasteiger partial charge in [0.1, 0.15) is 18.0 Å². The maximum absolute atomic E-state index is 14.9. The molecule has 0 aliphatic carbocycles. The van der Waals surface area contributed by atoms with E-state index in [0.717, 1.165) is 0 Å². The lowest BCUT2D eigenvalue weighted by Gasteiger charge is -2.15. The number of aromatic amines is 1. The summed E-state index contributed by atoms with van der Waals surface area (Å²) in [7, 11) is 0. The minimum atomic E-state index is -0.871. The lowest BCUT2D eigenvalue weighted by atomic mass is 10.0. The number of hydrogen-bond donors (Lipinski definition) is 2. The fourth-order valence-electron chi connectivity index (χ4n) is 4.57. The summed E-state index contributed by atoms with van der Waals surface area (Å²) in [5, 5.41) is 11.8. The molecule has 0 saturated carbocycles. The molecule has 1 aliphatic heterocycles. The zero-order valence-electron chi connectivity index (χ0n) is 19.2. The molecule has 0 unspecified atom stereocenters. The Morgan fingerprint density at radius 3 is 2.58 bits per heavy atom. The van der Waals surface area contributed by atoms with Crippen molar-refractivity contribution in [2.24, 2.45) is 0 Å². The molecular weight excluding hydrogens is 563 g/mol. The first-order chi connectivity index (χ1) is 17.4. The fourth-order valence-corrected chi connectivity index (χ4v) is 4.75. The van der Waals surface area contributed by atoms with E-state index < -0.39 is 17.9 Å². The Labute approximate surface area is 230 Å². The number of aryl methyl sites for hydroxylation is 1. The number of fused-ring (bicyclic) bond motifs is 1. The molecule has 196 valence electrons. The molecule has 4 aromatic heterocycles. The van der Waals surface area contributed by atoms with E-state index in [1.54, 1.807) is 18.2 Å². The number of pyridine rings is 2. The molecule has 0 spiro atoms. The molecule has 15 heteroatoms. The monoisotopic (exact) mass is 579 g/mol. The van der Waals surface area contributed by atoms with Crippen molar-refractivity contribution >= 4 is 42.2 Å². The first kappa shape index (κ1) is 27.2. The Bertz CT molecular complexity index is 1690. The van der Waals surface area contributed by atoms with Crippen molar-refractivity contribution in [1.82, 2.24) is 39.7 Å². The summed E-state index contributed by atoms with van der Waals surface area (Å²) >= 11 is 6.24. The number of nitrogens with zero attached hydrogens (tertiary/aromatic N) is 7. The van der Waals surface area contributed by atoms with Gasteiger partial charge in [-0.1, -0.05) is 11.6 Å². The average Bonchev–Trinajstić information content (AvgIpc) is 3.59. The van der Waals surface area contributed by atoms with E-state index in [-0.39, 0.29) is 53.3 Å². The second-order valence-corrected chi connectivity index (χ2v) is 8.71. The van der Waals surface area contributed by atoms with Gasteiger partial charge < -0.3 is 15.3 Å². The summed E-state index contributed by atoms with van der Waals surface area (Å²) in [6.45, 7) is 0. The van der Waals surface area contributed by atoms with Gasteiger partial charge in [-0.3, -0.25) is 4.79 Å². The summed E-state index contributed by atoms with van der Waals surface area (Å²) in [4.78, 5) is 23.5. The zero-order chi connectivity index (χ0) is 25.0. The second kappa shape index (κ2) is 10.5. The van der Waals surface area contributed by atoms with Gasteiger partial charge in [0.15, 0.2) is 0 Å². The average molecular weight is 581 g/mol. The summed E-state index contributed by atoms with van der Waals surface area (Å²) in [6.07, 6.45) is 2.41. The van der Waals surface area contributed by atoms with Crippen molar-refractivity contribution < 1.29 is 8.78 Å². The molecule has 1 aromatic carbocycles. The Morgan fingerprint density at radius 2 is 1.84 bits per heavy atom. The minimum absolute atomic E-state index is 0. The maximum Gasteiger partial charge on any atom is 0.251 e. The van der Waals surface area contributed by atoms with Gasteiger partial charge in [0, 0.05) is 22.3 Å². The van der Waals surface area contributed by atoms with Gasteiger partial charge in [-0.25, -0.2) is 4.98 Å². The fraction of sp³-hybridized carbons (Fsp3) is 0.130. The van der Waals surface area contributed by atoms with Crippen LogP contribution in [-0.2, 0) is 6.42 Å². The van der Waals surface area contributed by atoms with Gasteiger partial charge in [-0.05, 0) is 65.2 Å². The smallest absolute Gasteiger partial charge is 0.251 e. The van der Waals surface area contributed by atoms with Gasteiger partial charge in [0.05, 0.1) is 23.0 Å². The molecule has 0 amide bonds. The molecule has 6 rings (SSSR count). The molecule has 0 saturated heterocycles. The van der Waals surface area contributed by atoms with Gasteiger partial charge >= 0.3 is 0 Å². The molecule has 0 radical (unpaired) electrons. The molecule has 0 fully saturated rings. The Kier molecular flexibility index (Phi) is 7.49. The number of tetrazole rings is 1. The third kappa shape index (κ3) is 4.62. The molecule has 10 nitrogen and oxygen atoms in total. The molecule has 3 N–H and O–H groups in total. The predicted octanol–water partition coefficient (Wildman–Crippen LogP) is 4.17. The number of imidazole rings is 1. The molecule has 5 aromatic rings. The quantitative estimate of drug-likeness (QED) is 0.305. The Balaban J connectivity index is 0.00000168. The van der Waals surface area contributed by atoms with E-state index >= 15 is 0 Å². The van der Waals surface area contributed by atoms with E-state index in [1.807, 2.05) is 6.07 Å². The van der Waals surface area contributed by atoms with E-state index in [4.69, 9.17) is 17.3 Å². The van der Waals surface area contributed by atoms with Crippen molar-refractivity contribution in [3.05, 3.63) is 87.5 Å². The predicted molar refractivity (Wildman–Crippen MR) is 141 cm³/mol. The van der Waals surface area contributed by atoms with Crippen LogP contribution < -0.4 is 11.3 Å². The summed E-state index contributed by atoms with van der Waals surface area (Å²) < 4.78 is 32.2. The molecule has 0 bridgehead atoms. The largest absolute Gasteiger partial charge is 0.384 e. The van der Waals surface area contributed by atoms with Crippen LogP contribution in [0.5, 0.6) is 0 Å². The van der Waals surface area contributed by atoms with Crippen LogP contribution in [-0.4, -0.2) is 39.7 Å². The molecule has 5 heterocycles. The van der Waals surface area contributed by atoms with Crippen LogP contribution in [0.15, 0.2) is 53.6 Å². The summed E-state index contributed by atoms with van der Waals surface area (Å²) in [5.41, 5.74) is 7.88. The zero-order valence-corrected chi connectivity index (χ0v) is 21.6. The number of aromatic nitrogens is 8. The van der Waals surface area contributed by atoms with Crippen LogP contribution in [0.3, 0.4) is 0 Å². The van der Waals surface area contributed by atoms with Crippen LogP contribution in [0.4, 0.5) is 14.6 Å². The molecular formula is C23H18Cl3F2N9O. The highest BCUT2D eigenvalue weighted by molar-refractivity contribution is 6.31. The number of rotatable bonds is 4. The van der Waals surface area contributed by atoms with Crippen LogP contribution in [0.1, 0.15) is 23.9 Å². The Morgan fingerprint density at radius 1 is 1.03 bits per heavy atom. The second-order valence-electron chi connectivity index (χ2n) is 8.28. The van der Waals surface area contributed by atoms with E-state index in [1.165, 1.54) is 33.8 Å². The van der Waals surface area contributed by atoms with Gasteiger partial charge in [0.25, 0.3) is 5.56 Å². The lowest BCUT2D eigenvalue weighted by Crippen LogP contribution is -2.24. The first-order valence-corrected chi connectivity index (χ1v) is 11.2. The molecule has 38 heavy (non-hydrogen) atoms. The van der Waals surface area contributed by atoms with Gasteiger partial charge in [-0.15, -0.1) is 29.9 Å². The first-order valence-electron chi connectivity index (χ1n) is 10.9. The minimum Gasteiger partial charge on any atom is -0.384 e. The lowest BCUT2D eigenvalue weighted by molar-refractivity contribution is 0.515. The van der Waals surface area contributed by atoms with Crippen molar-refractivity contribution in [2.45, 2.75) is 18.9 Å². The third-order valence-corrected chi connectivity index (χ3v) is 6.38. The number of hydrogen-bond acceptors (Lipinski definition) is 7. The number of H-pyrrole nitrogens is 1. The summed E-state index contributed by atoms with van der Waals surface area (Å²) in [5.74, 6) is -1.72. The van der Waals surface area contributed by atoms with Crippen molar-refractivity contribution in [3.8, 4) is 28.2 Å². The van der Waals surface area contributed by atoms with Crippen LogP contribution >= 0.6 is 36.4 Å². The number of benzene rings is 1. The highest BCUT2D eigenvalue weighted by Crippen LogP contribution is 2.35. The maximum atomic E-state index is 14.9. The number of nitrogens with one attached hydrogen (secondary N) is 1. The van der Waals surface area contributed by atoms with Crippen molar-refractivity contribution in [2.75, 3.05) is 5.73 Å². The third-order valence-electron chi connectivity index (χ3n) is 6.14. The van der Waals surface area contributed by atoms with Crippen LogP contribution in [0.2, 0.25) is 5.02 Å². The number of halogens is 5. The topological polar surface area (TPSA) is 133 Å². The van der Waals surface area contributed by atoms with E-state index in [0.29, 0.717) is 40.4 Å². The van der Waals surface area contributed by atoms with E-state index in [9.17, 15) is 13.6 Å². The summed E-state index contributed by atoms with van der Waals surface area (Å²) in [6, 6.07) is 10.6. The standard InChI is InChI=1S/C23H16ClF2N9O.2ClH/c24-12-1-4-16(34-10-28-32-33-34)15(9-12)11-7-13-2-5-17(35(13)19(36)8-11)20-22(26)31-23(30-20)14-3-6-18(27)29-21(14)25;;/h1,3-4,6-10,17H,2,5H2,(H2,27,29)(H,30,31);2*1H/t17-;;/m0../s1. The molecule has 1 atom stereocenters. The highest BCUT2D eigenvalue weighted by Gasteiger charge is 2.30. The number of anilines is 1. The number of nitrogen functional groups attached to an aromatic ring is 1. The van der Waals surface area contributed by atoms with Crippen LogP contribution in [0, 0.1) is 11.9 Å². The SMILES string of the molecule is Cl.Cl.Nc1ccc(-c2nc(F)c([C@@H]3CCc4cc(-c5cc(Cl)ccc5-n5cnnn5)cc(=O)n43)[nH]2)c(F)n1. The normalized spacial score (nSPS) is 14.0. The highest BCUT2D eigenvalue weighted by atomic mass is 35.5. The van der Waals surface area contributed by atoms with Crippen LogP contribution in [0.25, 0.3) is 28.2 Å². The Hall–Kier alpha value is -3.87. The van der Waals surface area contributed by atoms with E-state index in [2.05, 4.69) is 30.5 Å².